The van der Waals surface area contributed by atoms with Crippen LogP contribution in [0, 0.1) is 6.92 Å². The lowest BCUT2D eigenvalue weighted by atomic mass is 10.2. The number of nitrogens with zero attached hydrogens (tertiary/aromatic N) is 4. The van der Waals surface area contributed by atoms with E-state index in [9.17, 15) is 4.79 Å². The number of furan rings is 1. The van der Waals surface area contributed by atoms with Crippen LogP contribution in [0.3, 0.4) is 0 Å². The minimum Gasteiger partial charge on any atom is -0.467 e. The van der Waals surface area contributed by atoms with Gasteiger partial charge in [0.25, 0.3) is 5.91 Å². The number of anilines is 1. The number of aromatic nitrogens is 2. The molecule has 3 heterocycles. The fourth-order valence-electron chi connectivity index (χ4n) is 2.79. The fourth-order valence-corrected chi connectivity index (χ4v) is 2.79. The van der Waals surface area contributed by atoms with Gasteiger partial charge in [0, 0.05) is 32.2 Å². The van der Waals surface area contributed by atoms with Gasteiger partial charge in [0.2, 0.25) is 0 Å². The van der Waals surface area contributed by atoms with Crippen molar-refractivity contribution in [3.8, 4) is 0 Å². The Bertz CT molecular complexity index is 678. The molecule has 3 rings (SSSR count). The van der Waals surface area contributed by atoms with E-state index in [0.29, 0.717) is 23.9 Å². The minimum atomic E-state index is -0.0303. The molecule has 24 heavy (non-hydrogen) atoms. The van der Waals surface area contributed by atoms with Crippen molar-refractivity contribution < 1.29 is 9.21 Å². The number of likely N-dealkylation sites (N-methyl/N-ethyl adjacent to an activating group) is 1. The number of hydrogen-bond donors (Lipinski definition) is 1. The Morgan fingerprint density at radius 2 is 2.08 bits per heavy atom. The van der Waals surface area contributed by atoms with Crippen molar-refractivity contribution in [2.24, 2.45) is 0 Å². The molecule has 1 fully saturated rings. The van der Waals surface area contributed by atoms with Gasteiger partial charge in [-0.1, -0.05) is 6.92 Å². The van der Waals surface area contributed by atoms with Gasteiger partial charge in [0.1, 0.15) is 23.1 Å². The van der Waals surface area contributed by atoms with E-state index >= 15 is 0 Å². The summed E-state index contributed by atoms with van der Waals surface area (Å²) in [6.07, 6.45) is 1.63. The monoisotopic (exact) mass is 329 g/mol. The Kier molecular flexibility index (Phi) is 5.10. The van der Waals surface area contributed by atoms with Crippen molar-refractivity contribution in [3.63, 3.8) is 0 Å². The van der Waals surface area contributed by atoms with Crippen molar-refractivity contribution in [1.82, 2.24) is 19.8 Å². The predicted molar refractivity (Wildman–Crippen MR) is 90.8 cm³/mol. The molecule has 1 aliphatic heterocycles. The number of amides is 1. The molecule has 7 nitrogen and oxygen atoms in total. The Hall–Kier alpha value is -2.41. The molecule has 1 aliphatic rings. The summed E-state index contributed by atoms with van der Waals surface area (Å²) >= 11 is 0. The topological polar surface area (TPSA) is 74.5 Å². The lowest BCUT2D eigenvalue weighted by Gasteiger charge is -2.33. The molecule has 1 N–H and O–H groups in total. The van der Waals surface area contributed by atoms with Crippen molar-refractivity contribution >= 4 is 11.7 Å². The summed E-state index contributed by atoms with van der Waals surface area (Å²) in [5, 5.41) is 3.18. The normalized spacial score (nSPS) is 15.5. The van der Waals surface area contributed by atoms with E-state index in [1.807, 2.05) is 17.0 Å². The molecule has 7 heteroatoms. The van der Waals surface area contributed by atoms with Crippen LogP contribution in [0.2, 0.25) is 0 Å². The molecule has 0 radical (unpaired) electrons. The van der Waals surface area contributed by atoms with Crippen molar-refractivity contribution in [3.05, 3.63) is 41.7 Å². The first-order chi connectivity index (χ1) is 11.7. The van der Waals surface area contributed by atoms with Crippen LogP contribution >= 0.6 is 0 Å². The summed E-state index contributed by atoms with van der Waals surface area (Å²) in [6.45, 7) is 8.79. The number of aryl methyl sites for hydroxylation is 1. The molecule has 0 spiro atoms. The van der Waals surface area contributed by atoms with Gasteiger partial charge >= 0.3 is 0 Å². The Morgan fingerprint density at radius 3 is 2.75 bits per heavy atom. The summed E-state index contributed by atoms with van der Waals surface area (Å²) in [5.74, 6) is 2.00. The predicted octanol–water partition coefficient (Wildman–Crippen LogP) is 1.77. The molecule has 0 aliphatic carbocycles. The summed E-state index contributed by atoms with van der Waals surface area (Å²) in [6, 6.07) is 5.44. The van der Waals surface area contributed by atoms with Crippen LogP contribution in [0.5, 0.6) is 0 Å². The minimum absolute atomic E-state index is 0.0303. The second kappa shape index (κ2) is 7.44. The molecule has 0 atom stereocenters. The van der Waals surface area contributed by atoms with E-state index < -0.39 is 0 Å². The third kappa shape index (κ3) is 3.91. The molecule has 128 valence electrons. The van der Waals surface area contributed by atoms with E-state index in [2.05, 4.69) is 27.1 Å². The van der Waals surface area contributed by atoms with Crippen LogP contribution in [0.25, 0.3) is 0 Å². The molecular formula is C17H23N5O2. The summed E-state index contributed by atoms with van der Waals surface area (Å²) in [4.78, 5) is 25.6. The number of hydrogen-bond acceptors (Lipinski definition) is 6. The van der Waals surface area contributed by atoms with E-state index in [1.165, 1.54) is 0 Å². The summed E-state index contributed by atoms with van der Waals surface area (Å²) in [7, 11) is 0. The van der Waals surface area contributed by atoms with Gasteiger partial charge in [-0.2, -0.15) is 0 Å². The third-order valence-electron chi connectivity index (χ3n) is 4.19. The SMILES string of the molecule is CCN1CCN(C(=O)c2cc(NCc3ccco3)nc(C)n2)CC1. The molecule has 1 saturated heterocycles. The van der Waals surface area contributed by atoms with Gasteiger partial charge in [0.05, 0.1) is 12.8 Å². The van der Waals surface area contributed by atoms with Crippen LogP contribution in [0.15, 0.2) is 28.9 Å². The number of piperazine rings is 1. The first-order valence-corrected chi connectivity index (χ1v) is 8.29. The molecule has 2 aromatic heterocycles. The third-order valence-corrected chi connectivity index (χ3v) is 4.19. The summed E-state index contributed by atoms with van der Waals surface area (Å²) in [5.41, 5.74) is 0.439. The summed E-state index contributed by atoms with van der Waals surface area (Å²) < 4.78 is 5.29. The first-order valence-electron chi connectivity index (χ1n) is 8.29. The van der Waals surface area contributed by atoms with Gasteiger partial charge in [-0.25, -0.2) is 9.97 Å². The highest BCUT2D eigenvalue weighted by Gasteiger charge is 2.23. The molecule has 0 aromatic carbocycles. The maximum Gasteiger partial charge on any atom is 0.272 e. The van der Waals surface area contributed by atoms with Crippen LogP contribution in [-0.2, 0) is 6.54 Å². The first kappa shape index (κ1) is 16.4. The Labute approximate surface area is 141 Å². The largest absolute Gasteiger partial charge is 0.467 e. The van der Waals surface area contributed by atoms with Crippen LogP contribution in [0.1, 0.15) is 29.0 Å². The van der Waals surface area contributed by atoms with E-state index in [-0.39, 0.29) is 5.91 Å². The highest BCUT2D eigenvalue weighted by atomic mass is 16.3. The zero-order valence-corrected chi connectivity index (χ0v) is 14.2. The van der Waals surface area contributed by atoms with Gasteiger partial charge < -0.3 is 19.5 Å². The molecule has 0 bridgehead atoms. The van der Waals surface area contributed by atoms with Gasteiger partial charge in [-0.05, 0) is 25.6 Å². The molecular weight excluding hydrogens is 306 g/mol. The fraction of sp³-hybridized carbons (Fsp3) is 0.471. The number of nitrogens with one attached hydrogen (secondary N) is 1. The zero-order chi connectivity index (χ0) is 16.9. The number of carbonyl (C=O) groups excluding carboxylic acids is 1. The van der Waals surface area contributed by atoms with Gasteiger partial charge in [-0.15, -0.1) is 0 Å². The van der Waals surface area contributed by atoms with E-state index in [1.54, 1.807) is 19.3 Å². The standard InChI is InChI=1S/C17H23N5O2/c1-3-21-6-8-22(9-7-21)17(23)15-11-16(20-13(2)19-15)18-12-14-5-4-10-24-14/h4-5,10-11H,3,6-9,12H2,1-2H3,(H,18,19,20). The van der Waals surface area contributed by atoms with E-state index in [4.69, 9.17) is 4.42 Å². The van der Waals surface area contributed by atoms with Gasteiger partial charge in [0.15, 0.2) is 0 Å². The average molecular weight is 329 g/mol. The molecule has 1 amide bonds. The van der Waals surface area contributed by atoms with Crippen molar-refractivity contribution in [2.45, 2.75) is 20.4 Å². The highest BCUT2D eigenvalue weighted by molar-refractivity contribution is 5.93. The Balaban J connectivity index is 1.67. The van der Waals surface area contributed by atoms with Crippen molar-refractivity contribution in [1.29, 1.82) is 0 Å². The highest BCUT2D eigenvalue weighted by Crippen LogP contribution is 2.13. The second-order valence-corrected chi connectivity index (χ2v) is 5.85. The zero-order valence-electron chi connectivity index (χ0n) is 14.2. The smallest absolute Gasteiger partial charge is 0.272 e. The lowest BCUT2D eigenvalue weighted by molar-refractivity contribution is 0.0637. The van der Waals surface area contributed by atoms with Crippen molar-refractivity contribution in [2.75, 3.05) is 38.0 Å². The number of rotatable bonds is 5. The average Bonchev–Trinajstić information content (AvgIpc) is 3.12. The number of carbonyl (C=O) groups is 1. The van der Waals surface area contributed by atoms with E-state index in [0.717, 1.165) is 38.5 Å². The molecule has 0 unspecified atom stereocenters. The van der Waals surface area contributed by atoms with Crippen LogP contribution in [0.4, 0.5) is 5.82 Å². The quantitative estimate of drug-likeness (QED) is 0.901. The Morgan fingerprint density at radius 1 is 1.29 bits per heavy atom. The van der Waals surface area contributed by atoms with Gasteiger partial charge in [-0.3, -0.25) is 4.79 Å². The van der Waals surface area contributed by atoms with Crippen LogP contribution < -0.4 is 5.32 Å². The van der Waals surface area contributed by atoms with Crippen LogP contribution in [-0.4, -0.2) is 58.4 Å². The second-order valence-electron chi connectivity index (χ2n) is 5.85. The maximum absolute atomic E-state index is 12.7. The molecule has 2 aromatic rings. The molecule has 0 saturated carbocycles. The lowest BCUT2D eigenvalue weighted by Crippen LogP contribution is -2.48. The maximum atomic E-state index is 12.7.